The van der Waals surface area contributed by atoms with E-state index in [9.17, 15) is 5.11 Å². The molecule has 8 rings (SSSR count). The SMILES string of the molecule is Cc1ccc(N2c3ccccc3N(c3ccccc3)c3ccc(-c4ccc5c(-c6ccccc6)ccc(O)c5n4)cc32)nc1. The normalized spacial score (nSPS) is 12.2. The van der Waals surface area contributed by atoms with Gasteiger partial charge in [-0.3, -0.25) is 4.90 Å². The molecule has 7 aromatic rings. The van der Waals surface area contributed by atoms with Crippen molar-refractivity contribution < 1.29 is 5.11 Å². The second kappa shape index (κ2) is 10.4. The minimum absolute atomic E-state index is 0.161. The topological polar surface area (TPSA) is 52.5 Å². The summed E-state index contributed by atoms with van der Waals surface area (Å²) in [7, 11) is 0. The van der Waals surface area contributed by atoms with Crippen molar-refractivity contribution in [3.63, 3.8) is 0 Å². The molecule has 0 fully saturated rings. The summed E-state index contributed by atoms with van der Waals surface area (Å²) in [5.74, 6) is 1.000. The number of fused-ring (bicyclic) bond motifs is 3. The minimum atomic E-state index is 0.161. The highest BCUT2D eigenvalue weighted by Gasteiger charge is 2.31. The zero-order valence-electron chi connectivity index (χ0n) is 24.1. The van der Waals surface area contributed by atoms with Gasteiger partial charge in [0.15, 0.2) is 0 Å². The maximum absolute atomic E-state index is 10.9. The summed E-state index contributed by atoms with van der Waals surface area (Å²) in [6, 6.07) is 47.4. The van der Waals surface area contributed by atoms with Crippen LogP contribution in [0.2, 0.25) is 0 Å². The van der Waals surface area contributed by atoms with Crippen LogP contribution in [0.15, 0.2) is 146 Å². The Morgan fingerprint density at radius 2 is 1.27 bits per heavy atom. The molecule has 0 radical (unpaired) electrons. The number of nitrogens with zero attached hydrogens (tertiary/aromatic N) is 4. The molecule has 0 unspecified atom stereocenters. The lowest BCUT2D eigenvalue weighted by Gasteiger charge is -2.40. The van der Waals surface area contributed by atoms with Gasteiger partial charge in [-0.25, -0.2) is 9.97 Å². The molecule has 0 bridgehead atoms. The maximum Gasteiger partial charge on any atom is 0.141 e. The summed E-state index contributed by atoms with van der Waals surface area (Å²) < 4.78 is 0. The summed E-state index contributed by atoms with van der Waals surface area (Å²) in [6.45, 7) is 2.05. The molecule has 5 heteroatoms. The number of aryl methyl sites for hydroxylation is 1. The van der Waals surface area contributed by atoms with Gasteiger partial charge in [0, 0.05) is 22.8 Å². The van der Waals surface area contributed by atoms with Gasteiger partial charge < -0.3 is 10.0 Å². The van der Waals surface area contributed by atoms with Gasteiger partial charge in [-0.2, -0.15) is 0 Å². The quantitative estimate of drug-likeness (QED) is 0.229. The Labute approximate surface area is 256 Å². The van der Waals surface area contributed by atoms with E-state index in [2.05, 4.69) is 107 Å². The molecule has 0 atom stereocenters. The van der Waals surface area contributed by atoms with E-state index in [1.54, 1.807) is 6.07 Å². The molecule has 3 heterocycles. The summed E-state index contributed by atoms with van der Waals surface area (Å²) in [6.07, 6.45) is 1.91. The van der Waals surface area contributed by atoms with Crippen LogP contribution in [-0.4, -0.2) is 15.1 Å². The van der Waals surface area contributed by atoms with Gasteiger partial charge >= 0.3 is 0 Å². The number of anilines is 6. The molecule has 1 aliphatic heterocycles. The summed E-state index contributed by atoms with van der Waals surface area (Å²) >= 11 is 0. The van der Waals surface area contributed by atoms with Gasteiger partial charge in [0.1, 0.15) is 17.1 Å². The molecule has 1 aliphatic rings. The van der Waals surface area contributed by atoms with Crippen LogP contribution < -0.4 is 9.80 Å². The lowest BCUT2D eigenvalue weighted by molar-refractivity contribution is 0.480. The zero-order valence-corrected chi connectivity index (χ0v) is 24.1. The lowest BCUT2D eigenvalue weighted by Crippen LogP contribution is -2.24. The number of para-hydroxylation sites is 3. The third-order valence-corrected chi connectivity index (χ3v) is 8.18. The molecule has 0 aliphatic carbocycles. The average Bonchev–Trinajstić information content (AvgIpc) is 3.08. The molecule has 44 heavy (non-hydrogen) atoms. The smallest absolute Gasteiger partial charge is 0.141 e. The van der Waals surface area contributed by atoms with Crippen LogP contribution in [0.4, 0.5) is 34.3 Å². The fraction of sp³-hybridized carbons (Fsp3) is 0.0256. The molecule has 1 N–H and O–H groups in total. The third-order valence-electron chi connectivity index (χ3n) is 8.18. The van der Waals surface area contributed by atoms with E-state index >= 15 is 0 Å². The highest BCUT2D eigenvalue weighted by molar-refractivity contribution is 6.03. The molecular weight excluding hydrogens is 540 g/mol. The Bertz CT molecular complexity index is 2140. The first kappa shape index (κ1) is 25.7. The van der Waals surface area contributed by atoms with Gasteiger partial charge in [0.2, 0.25) is 0 Å². The molecule has 5 nitrogen and oxygen atoms in total. The van der Waals surface area contributed by atoms with Crippen molar-refractivity contribution in [3.8, 4) is 28.1 Å². The predicted molar refractivity (Wildman–Crippen MR) is 180 cm³/mol. The zero-order chi connectivity index (χ0) is 29.6. The second-order valence-electron chi connectivity index (χ2n) is 11.0. The highest BCUT2D eigenvalue weighted by atomic mass is 16.3. The molecule has 2 aromatic heterocycles. The fourth-order valence-corrected chi connectivity index (χ4v) is 6.08. The van der Waals surface area contributed by atoms with Crippen molar-refractivity contribution in [2.45, 2.75) is 6.92 Å². The standard InChI is InChI=1S/C39H28N4O/c1-26-16-23-38(40-25-26)43-34-15-9-8-14-33(34)42(29-12-6-3-7-13-29)35-21-17-28(24-36(35)43)32-20-18-31-30(27-10-4-2-5-11-27)19-22-37(44)39(31)41-32/h2-25,44H,1H3. The Kier molecular flexibility index (Phi) is 6.09. The molecule has 0 saturated heterocycles. The summed E-state index contributed by atoms with van der Waals surface area (Å²) in [4.78, 5) is 14.4. The average molecular weight is 569 g/mol. The van der Waals surface area contributed by atoms with Crippen molar-refractivity contribution >= 4 is 45.2 Å². The number of benzene rings is 5. The van der Waals surface area contributed by atoms with E-state index in [-0.39, 0.29) is 5.75 Å². The number of phenols is 1. The Morgan fingerprint density at radius 1 is 0.568 bits per heavy atom. The van der Waals surface area contributed by atoms with Crippen LogP contribution in [0.3, 0.4) is 0 Å². The Balaban J connectivity index is 1.33. The minimum Gasteiger partial charge on any atom is -0.506 e. The van der Waals surface area contributed by atoms with Crippen molar-refractivity contribution in [3.05, 3.63) is 151 Å². The van der Waals surface area contributed by atoms with E-state index in [1.807, 2.05) is 49.5 Å². The largest absolute Gasteiger partial charge is 0.506 e. The van der Waals surface area contributed by atoms with E-state index in [4.69, 9.17) is 9.97 Å². The fourth-order valence-electron chi connectivity index (χ4n) is 6.08. The number of hydrogen-bond acceptors (Lipinski definition) is 5. The number of hydrogen-bond donors (Lipinski definition) is 1. The third kappa shape index (κ3) is 4.26. The van der Waals surface area contributed by atoms with Crippen LogP contribution in [0.1, 0.15) is 5.56 Å². The van der Waals surface area contributed by atoms with E-state index in [0.29, 0.717) is 5.52 Å². The van der Waals surface area contributed by atoms with Crippen molar-refractivity contribution in [2.75, 3.05) is 9.80 Å². The highest BCUT2D eigenvalue weighted by Crippen LogP contribution is 2.54. The summed E-state index contributed by atoms with van der Waals surface area (Å²) in [5.41, 5.74) is 10.7. The van der Waals surface area contributed by atoms with Gasteiger partial charge in [0.25, 0.3) is 0 Å². The van der Waals surface area contributed by atoms with E-state index in [1.165, 1.54) is 0 Å². The number of pyridine rings is 2. The molecule has 210 valence electrons. The summed E-state index contributed by atoms with van der Waals surface area (Å²) in [5, 5.41) is 11.8. The monoisotopic (exact) mass is 568 g/mol. The predicted octanol–water partition coefficient (Wildman–Crippen LogP) is 10.2. The Hall–Kier alpha value is -5.94. The molecule has 0 amide bonds. The van der Waals surface area contributed by atoms with Crippen LogP contribution in [0.5, 0.6) is 5.75 Å². The first-order valence-corrected chi connectivity index (χ1v) is 14.7. The van der Waals surface area contributed by atoms with Crippen LogP contribution in [0.25, 0.3) is 33.3 Å². The van der Waals surface area contributed by atoms with E-state index < -0.39 is 0 Å². The lowest BCUT2D eigenvalue weighted by atomic mass is 9.98. The van der Waals surface area contributed by atoms with Crippen molar-refractivity contribution in [1.82, 2.24) is 9.97 Å². The van der Waals surface area contributed by atoms with Crippen molar-refractivity contribution in [1.29, 1.82) is 0 Å². The van der Waals surface area contributed by atoms with Crippen LogP contribution in [0, 0.1) is 6.92 Å². The van der Waals surface area contributed by atoms with E-state index in [0.717, 1.165) is 67.6 Å². The van der Waals surface area contributed by atoms with Gasteiger partial charge in [-0.05, 0) is 90.3 Å². The number of rotatable bonds is 4. The maximum atomic E-state index is 10.9. The van der Waals surface area contributed by atoms with Gasteiger partial charge in [-0.1, -0.05) is 72.8 Å². The molecule has 0 spiro atoms. The first-order valence-electron chi connectivity index (χ1n) is 14.7. The number of aromatic hydroxyl groups is 1. The van der Waals surface area contributed by atoms with Crippen LogP contribution >= 0.6 is 0 Å². The van der Waals surface area contributed by atoms with Crippen molar-refractivity contribution in [2.24, 2.45) is 0 Å². The second-order valence-corrected chi connectivity index (χ2v) is 11.0. The molecule has 0 saturated carbocycles. The van der Waals surface area contributed by atoms with Gasteiger partial charge in [-0.15, -0.1) is 0 Å². The van der Waals surface area contributed by atoms with Gasteiger partial charge in [0.05, 0.1) is 28.4 Å². The first-order chi connectivity index (χ1) is 21.7. The number of aromatic nitrogens is 2. The molecular formula is C39H28N4O. The Morgan fingerprint density at radius 3 is 2.02 bits per heavy atom. The molecule has 5 aromatic carbocycles. The number of phenolic OH excluding ortho intramolecular Hbond substituents is 1. The van der Waals surface area contributed by atoms with Crippen LogP contribution in [-0.2, 0) is 0 Å².